The molecule has 1 aliphatic rings. The molecule has 2 heteroatoms. The highest BCUT2D eigenvalue weighted by Crippen LogP contribution is 2.29. The molecule has 0 saturated heterocycles. The van der Waals surface area contributed by atoms with E-state index in [9.17, 15) is 4.79 Å². The van der Waals surface area contributed by atoms with Crippen molar-refractivity contribution in [3.8, 4) is 0 Å². The lowest BCUT2D eigenvalue weighted by molar-refractivity contribution is -0.150. The summed E-state index contributed by atoms with van der Waals surface area (Å²) >= 11 is 0. The van der Waals surface area contributed by atoms with Gasteiger partial charge in [0, 0.05) is 5.57 Å². The molecule has 0 aromatic heterocycles. The Morgan fingerprint density at radius 2 is 1.81 bits per heavy atom. The van der Waals surface area contributed by atoms with E-state index in [4.69, 9.17) is 4.74 Å². The van der Waals surface area contributed by atoms with E-state index in [1.807, 2.05) is 20.8 Å². The Kier molecular flexibility index (Phi) is 4.57. The van der Waals surface area contributed by atoms with Crippen LogP contribution in [0.15, 0.2) is 12.2 Å². The molecule has 1 saturated carbocycles. The fraction of sp³-hybridized carbons (Fsp3) is 0.786. The molecule has 2 nitrogen and oxygen atoms in total. The van der Waals surface area contributed by atoms with Crippen LogP contribution >= 0.6 is 0 Å². The molecule has 1 aliphatic carbocycles. The Bertz CT molecular complexity index is 254. The Morgan fingerprint density at radius 3 is 2.31 bits per heavy atom. The summed E-state index contributed by atoms with van der Waals surface area (Å²) in [6, 6.07) is 0. The van der Waals surface area contributed by atoms with E-state index in [0.717, 1.165) is 6.42 Å². The Morgan fingerprint density at radius 1 is 1.25 bits per heavy atom. The standard InChI is InChI=1S/C14H24O2/c1-11(13(15)16-14(2,3)4)10-12-8-6-5-7-9-12/h12H,1,5-10H2,2-4H3. The van der Waals surface area contributed by atoms with Gasteiger partial charge in [0.1, 0.15) is 5.60 Å². The molecular formula is C14H24O2. The topological polar surface area (TPSA) is 26.3 Å². The second-order valence-corrected chi connectivity index (χ2v) is 5.81. The summed E-state index contributed by atoms with van der Waals surface area (Å²) in [6.07, 6.45) is 7.23. The molecule has 0 amide bonds. The van der Waals surface area contributed by atoms with E-state index in [-0.39, 0.29) is 5.97 Å². The third-order valence-electron chi connectivity index (χ3n) is 2.95. The molecule has 0 aromatic carbocycles. The summed E-state index contributed by atoms with van der Waals surface area (Å²) < 4.78 is 5.30. The number of esters is 1. The first-order valence-electron chi connectivity index (χ1n) is 6.29. The minimum absolute atomic E-state index is 0.224. The Hall–Kier alpha value is -0.790. The van der Waals surface area contributed by atoms with Gasteiger partial charge in [0.05, 0.1) is 0 Å². The van der Waals surface area contributed by atoms with Gasteiger partial charge in [-0.3, -0.25) is 0 Å². The highest BCUT2D eigenvalue weighted by atomic mass is 16.6. The third-order valence-corrected chi connectivity index (χ3v) is 2.95. The first-order valence-corrected chi connectivity index (χ1v) is 6.29. The van der Waals surface area contributed by atoms with E-state index >= 15 is 0 Å². The van der Waals surface area contributed by atoms with Crippen molar-refractivity contribution in [1.29, 1.82) is 0 Å². The van der Waals surface area contributed by atoms with Gasteiger partial charge >= 0.3 is 5.97 Å². The molecule has 0 spiro atoms. The lowest BCUT2D eigenvalue weighted by Crippen LogP contribution is -2.25. The molecule has 0 radical (unpaired) electrons. The molecule has 16 heavy (non-hydrogen) atoms. The van der Waals surface area contributed by atoms with Crippen molar-refractivity contribution in [2.24, 2.45) is 5.92 Å². The SMILES string of the molecule is C=C(CC1CCCCC1)C(=O)OC(C)(C)C. The second kappa shape index (κ2) is 5.51. The van der Waals surface area contributed by atoms with Crippen molar-refractivity contribution >= 4 is 5.97 Å². The summed E-state index contributed by atoms with van der Waals surface area (Å²) in [4.78, 5) is 11.7. The maximum atomic E-state index is 11.7. The lowest BCUT2D eigenvalue weighted by atomic mass is 9.85. The fourth-order valence-electron chi connectivity index (χ4n) is 2.17. The van der Waals surface area contributed by atoms with Gasteiger partial charge in [-0.15, -0.1) is 0 Å². The van der Waals surface area contributed by atoms with Crippen LogP contribution in [0, 0.1) is 5.92 Å². The van der Waals surface area contributed by atoms with Crippen LogP contribution in [0.4, 0.5) is 0 Å². The lowest BCUT2D eigenvalue weighted by Gasteiger charge is -2.24. The van der Waals surface area contributed by atoms with Gasteiger partial charge < -0.3 is 4.74 Å². The molecular weight excluding hydrogens is 200 g/mol. The molecule has 0 heterocycles. The summed E-state index contributed by atoms with van der Waals surface area (Å²) in [6.45, 7) is 9.52. The first-order chi connectivity index (χ1) is 7.38. The number of hydrogen-bond acceptors (Lipinski definition) is 2. The van der Waals surface area contributed by atoms with Crippen molar-refractivity contribution in [1.82, 2.24) is 0 Å². The van der Waals surface area contributed by atoms with Crippen molar-refractivity contribution < 1.29 is 9.53 Å². The third kappa shape index (κ3) is 4.82. The van der Waals surface area contributed by atoms with Gasteiger partial charge in [0.15, 0.2) is 0 Å². The van der Waals surface area contributed by atoms with Crippen molar-refractivity contribution in [2.75, 3.05) is 0 Å². The largest absolute Gasteiger partial charge is 0.457 e. The predicted molar refractivity (Wildman–Crippen MR) is 66.2 cm³/mol. The minimum Gasteiger partial charge on any atom is -0.457 e. The number of carbonyl (C=O) groups is 1. The van der Waals surface area contributed by atoms with Gasteiger partial charge in [-0.05, 0) is 33.1 Å². The molecule has 0 aromatic rings. The average molecular weight is 224 g/mol. The van der Waals surface area contributed by atoms with Crippen LogP contribution < -0.4 is 0 Å². The maximum Gasteiger partial charge on any atom is 0.333 e. The molecule has 92 valence electrons. The number of ether oxygens (including phenoxy) is 1. The zero-order chi connectivity index (χ0) is 12.2. The van der Waals surface area contributed by atoms with Gasteiger partial charge in [0.2, 0.25) is 0 Å². The van der Waals surface area contributed by atoms with E-state index in [1.165, 1.54) is 32.1 Å². The molecule has 0 N–H and O–H groups in total. The quantitative estimate of drug-likeness (QED) is 0.537. The van der Waals surface area contributed by atoms with E-state index in [1.54, 1.807) is 0 Å². The van der Waals surface area contributed by atoms with Gasteiger partial charge in [-0.2, -0.15) is 0 Å². The van der Waals surface area contributed by atoms with Crippen LogP contribution in [0.3, 0.4) is 0 Å². The van der Waals surface area contributed by atoms with Crippen LogP contribution in [0.25, 0.3) is 0 Å². The summed E-state index contributed by atoms with van der Waals surface area (Å²) in [5.41, 5.74) is 0.230. The number of hydrogen-bond donors (Lipinski definition) is 0. The average Bonchev–Trinajstić information content (AvgIpc) is 2.16. The zero-order valence-electron chi connectivity index (χ0n) is 10.8. The molecule has 1 fully saturated rings. The van der Waals surface area contributed by atoms with Crippen LogP contribution in [0.1, 0.15) is 59.3 Å². The zero-order valence-corrected chi connectivity index (χ0v) is 10.8. The first kappa shape index (κ1) is 13.3. The summed E-state index contributed by atoms with van der Waals surface area (Å²) in [7, 11) is 0. The Balaban J connectivity index is 2.36. The van der Waals surface area contributed by atoms with E-state index in [2.05, 4.69) is 6.58 Å². The molecule has 0 bridgehead atoms. The monoisotopic (exact) mass is 224 g/mol. The molecule has 0 atom stereocenters. The minimum atomic E-state index is -0.410. The van der Waals surface area contributed by atoms with Crippen molar-refractivity contribution in [3.05, 3.63) is 12.2 Å². The van der Waals surface area contributed by atoms with E-state index in [0.29, 0.717) is 11.5 Å². The maximum absolute atomic E-state index is 11.7. The predicted octanol–water partition coefficient (Wildman–Crippen LogP) is 3.85. The van der Waals surface area contributed by atoms with Crippen LogP contribution in [-0.2, 0) is 9.53 Å². The van der Waals surface area contributed by atoms with Crippen molar-refractivity contribution in [2.45, 2.75) is 64.9 Å². The molecule has 1 rings (SSSR count). The van der Waals surface area contributed by atoms with Crippen molar-refractivity contribution in [3.63, 3.8) is 0 Å². The molecule has 0 unspecified atom stereocenters. The van der Waals surface area contributed by atoms with Gasteiger partial charge in [-0.25, -0.2) is 4.79 Å². The fourth-order valence-corrected chi connectivity index (χ4v) is 2.17. The smallest absolute Gasteiger partial charge is 0.333 e. The van der Waals surface area contributed by atoms with Crippen LogP contribution in [-0.4, -0.2) is 11.6 Å². The second-order valence-electron chi connectivity index (χ2n) is 5.81. The molecule has 0 aliphatic heterocycles. The van der Waals surface area contributed by atoms with E-state index < -0.39 is 5.60 Å². The van der Waals surface area contributed by atoms with Crippen LogP contribution in [0.5, 0.6) is 0 Å². The number of rotatable bonds is 3. The van der Waals surface area contributed by atoms with Gasteiger partial charge in [-0.1, -0.05) is 38.7 Å². The normalized spacial score (nSPS) is 18.2. The number of carbonyl (C=O) groups excluding carboxylic acids is 1. The van der Waals surface area contributed by atoms with Gasteiger partial charge in [0.25, 0.3) is 0 Å². The Labute approximate surface area is 99.1 Å². The highest BCUT2D eigenvalue weighted by molar-refractivity contribution is 5.88. The highest BCUT2D eigenvalue weighted by Gasteiger charge is 2.22. The van der Waals surface area contributed by atoms with Crippen LogP contribution in [0.2, 0.25) is 0 Å². The summed E-state index contributed by atoms with van der Waals surface area (Å²) in [5, 5.41) is 0. The summed E-state index contributed by atoms with van der Waals surface area (Å²) in [5.74, 6) is 0.423.